The lowest BCUT2D eigenvalue weighted by atomic mass is 10.2. The normalized spacial score (nSPS) is 13.2. The lowest BCUT2D eigenvalue weighted by Crippen LogP contribution is -2.19. The minimum Gasteiger partial charge on any atom is -0.368 e. The van der Waals surface area contributed by atoms with Gasteiger partial charge in [0.15, 0.2) is 5.78 Å². The number of halogens is 1. The van der Waals surface area contributed by atoms with E-state index in [1.807, 2.05) is 71.0 Å². The molecule has 2 aromatic carbocycles. The highest BCUT2D eigenvalue weighted by Gasteiger charge is 2.39. The molecule has 1 N–H and O–H groups in total. The van der Waals surface area contributed by atoms with Crippen LogP contribution < -0.4 is 5.32 Å². The topological polar surface area (TPSA) is 47.6 Å². The van der Waals surface area contributed by atoms with Crippen LogP contribution in [0, 0.1) is 6.92 Å². The first-order chi connectivity index (χ1) is 12.2. The molecule has 26 heavy (non-hydrogen) atoms. The van der Waals surface area contributed by atoms with Crippen molar-refractivity contribution in [3.8, 4) is 0 Å². The first kappa shape index (κ1) is 21.0. The van der Waals surface area contributed by atoms with Crippen molar-refractivity contribution in [3.63, 3.8) is 0 Å². The van der Waals surface area contributed by atoms with Crippen LogP contribution in [-0.4, -0.2) is 12.2 Å². The van der Waals surface area contributed by atoms with Gasteiger partial charge in [-0.2, -0.15) is 0 Å². The van der Waals surface area contributed by atoms with Gasteiger partial charge in [0.2, 0.25) is 0 Å². The molecular formula is C20H27ClNO3P. The Labute approximate surface area is 161 Å². The molecule has 1 atom stereocenters. The van der Waals surface area contributed by atoms with Crippen molar-refractivity contribution in [1.29, 1.82) is 0 Å². The van der Waals surface area contributed by atoms with Crippen molar-refractivity contribution in [2.24, 2.45) is 0 Å². The Morgan fingerprint density at radius 1 is 0.885 bits per heavy atom. The number of nitrogens with one attached hydrogen (secondary N) is 1. The smallest absolute Gasteiger partial charge is 0.357 e. The minimum atomic E-state index is -3.51. The van der Waals surface area contributed by atoms with Crippen molar-refractivity contribution in [2.45, 2.75) is 52.6 Å². The average molecular weight is 396 g/mol. The lowest BCUT2D eigenvalue weighted by molar-refractivity contribution is 0.138. The summed E-state index contributed by atoms with van der Waals surface area (Å²) in [6, 6.07) is 15.1. The Hall–Kier alpha value is -1.32. The molecule has 2 rings (SSSR count). The Morgan fingerprint density at radius 3 is 1.85 bits per heavy atom. The molecule has 0 unspecified atom stereocenters. The maximum atomic E-state index is 13.8. The van der Waals surface area contributed by atoms with Gasteiger partial charge >= 0.3 is 7.60 Å². The summed E-state index contributed by atoms with van der Waals surface area (Å²) in [6.07, 6.45) is -0.483. The third-order valence-electron chi connectivity index (χ3n) is 3.57. The SMILES string of the molecule is Cc1ccc(N[C@H](c2ccc(Cl)cc2)P(=O)(OC(C)C)OC(C)C)cc1. The van der Waals surface area contributed by atoms with Crippen molar-refractivity contribution >= 4 is 24.9 Å². The van der Waals surface area contributed by atoms with Gasteiger partial charge in [-0.3, -0.25) is 4.57 Å². The summed E-state index contributed by atoms with van der Waals surface area (Å²) in [6.45, 7) is 9.42. The zero-order valence-corrected chi connectivity index (χ0v) is 17.6. The molecule has 0 heterocycles. The van der Waals surface area contributed by atoms with Gasteiger partial charge in [0, 0.05) is 10.7 Å². The summed E-state index contributed by atoms with van der Waals surface area (Å²) in [4.78, 5) is 0. The highest BCUT2D eigenvalue weighted by molar-refractivity contribution is 7.54. The zero-order chi connectivity index (χ0) is 19.3. The van der Waals surface area contributed by atoms with E-state index in [0.29, 0.717) is 5.02 Å². The van der Waals surface area contributed by atoms with E-state index < -0.39 is 13.4 Å². The molecule has 0 amide bonds. The average Bonchev–Trinajstić information content (AvgIpc) is 2.53. The first-order valence-electron chi connectivity index (χ1n) is 8.75. The van der Waals surface area contributed by atoms with Crippen LogP contribution in [0.3, 0.4) is 0 Å². The molecule has 0 saturated carbocycles. The van der Waals surface area contributed by atoms with Crippen molar-refractivity contribution in [3.05, 3.63) is 64.7 Å². The molecule has 0 aromatic heterocycles. The van der Waals surface area contributed by atoms with Crippen LogP contribution in [-0.2, 0) is 13.6 Å². The molecule has 0 fully saturated rings. The summed E-state index contributed by atoms with van der Waals surface area (Å²) in [5.41, 5.74) is 2.79. The van der Waals surface area contributed by atoms with Gasteiger partial charge in [0.25, 0.3) is 0 Å². The fourth-order valence-corrected chi connectivity index (χ4v) is 4.97. The van der Waals surface area contributed by atoms with Crippen LogP contribution in [0.5, 0.6) is 0 Å². The van der Waals surface area contributed by atoms with Crippen LogP contribution in [0.2, 0.25) is 5.02 Å². The van der Waals surface area contributed by atoms with Gasteiger partial charge in [-0.05, 0) is 64.4 Å². The van der Waals surface area contributed by atoms with Crippen LogP contribution in [0.15, 0.2) is 48.5 Å². The van der Waals surface area contributed by atoms with Gasteiger partial charge in [0.1, 0.15) is 0 Å². The van der Waals surface area contributed by atoms with Gasteiger partial charge < -0.3 is 14.4 Å². The monoisotopic (exact) mass is 395 g/mol. The molecule has 2 aromatic rings. The van der Waals surface area contributed by atoms with Crippen molar-refractivity contribution < 1.29 is 13.6 Å². The molecule has 0 spiro atoms. The Morgan fingerprint density at radius 2 is 1.38 bits per heavy atom. The molecule has 0 saturated heterocycles. The van der Waals surface area contributed by atoms with Gasteiger partial charge in [-0.15, -0.1) is 0 Å². The minimum absolute atomic E-state index is 0.241. The number of hydrogen-bond acceptors (Lipinski definition) is 4. The molecule has 0 aliphatic rings. The summed E-state index contributed by atoms with van der Waals surface area (Å²) in [5, 5.41) is 3.95. The summed E-state index contributed by atoms with van der Waals surface area (Å²) < 4.78 is 25.4. The molecule has 0 aliphatic carbocycles. The second-order valence-corrected chi connectivity index (χ2v) is 9.27. The molecule has 6 heteroatoms. The molecule has 4 nitrogen and oxygen atoms in total. The summed E-state index contributed by atoms with van der Waals surface area (Å²) in [7, 11) is -3.51. The zero-order valence-electron chi connectivity index (χ0n) is 15.9. The van der Waals surface area contributed by atoms with E-state index in [1.165, 1.54) is 0 Å². The number of anilines is 1. The lowest BCUT2D eigenvalue weighted by Gasteiger charge is -2.31. The molecule has 142 valence electrons. The van der Waals surface area contributed by atoms with Gasteiger partial charge in [-0.1, -0.05) is 41.4 Å². The van der Waals surface area contributed by atoms with Crippen LogP contribution >= 0.6 is 19.2 Å². The molecule has 0 bridgehead atoms. The predicted molar refractivity (Wildman–Crippen MR) is 109 cm³/mol. The predicted octanol–water partition coefficient (Wildman–Crippen LogP) is 6.80. The molecule has 0 radical (unpaired) electrons. The fraction of sp³-hybridized carbons (Fsp3) is 0.400. The fourth-order valence-electron chi connectivity index (χ4n) is 2.53. The summed E-state index contributed by atoms with van der Waals surface area (Å²) >= 11 is 6.02. The second kappa shape index (κ2) is 9.05. The van der Waals surface area contributed by atoms with Crippen LogP contribution in [0.4, 0.5) is 5.69 Å². The Bertz CT molecular complexity index is 731. The second-order valence-electron chi connectivity index (χ2n) is 6.81. The highest BCUT2D eigenvalue weighted by atomic mass is 35.5. The number of rotatable bonds is 8. The van der Waals surface area contributed by atoms with E-state index in [9.17, 15) is 4.57 Å². The number of benzene rings is 2. The maximum absolute atomic E-state index is 13.8. The van der Waals surface area contributed by atoms with Crippen LogP contribution in [0.25, 0.3) is 0 Å². The quantitative estimate of drug-likeness (QED) is 0.499. The largest absolute Gasteiger partial charge is 0.368 e. The van der Waals surface area contributed by atoms with E-state index in [1.54, 1.807) is 12.1 Å². The van der Waals surface area contributed by atoms with Gasteiger partial charge in [0.05, 0.1) is 12.2 Å². The highest BCUT2D eigenvalue weighted by Crippen LogP contribution is 2.62. The molecule has 0 aliphatic heterocycles. The van der Waals surface area contributed by atoms with Gasteiger partial charge in [-0.25, -0.2) is 0 Å². The van der Waals surface area contributed by atoms with E-state index in [0.717, 1.165) is 16.8 Å². The van der Waals surface area contributed by atoms with Crippen molar-refractivity contribution in [2.75, 3.05) is 5.32 Å². The summed E-state index contributed by atoms with van der Waals surface area (Å²) in [5.74, 6) is -0.646. The number of aryl methyl sites for hydroxylation is 1. The first-order valence-corrected chi connectivity index (χ1v) is 10.7. The van der Waals surface area contributed by atoms with E-state index in [2.05, 4.69) is 5.32 Å². The van der Waals surface area contributed by atoms with E-state index in [-0.39, 0.29) is 12.2 Å². The van der Waals surface area contributed by atoms with E-state index >= 15 is 0 Å². The van der Waals surface area contributed by atoms with E-state index in [4.69, 9.17) is 20.6 Å². The molecular weight excluding hydrogens is 369 g/mol. The standard InChI is InChI=1S/C20H27ClNO3P/c1-14(2)24-26(23,25-15(3)4)20(17-8-10-18(21)11-9-17)22-19-12-6-16(5)7-13-19/h6-15,20,22H,1-5H3/t20-/m0/s1. The number of hydrogen-bond donors (Lipinski definition) is 1. The third-order valence-corrected chi connectivity index (χ3v) is 6.32. The Kier molecular flexibility index (Phi) is 7.31. The third kappa shape index (κ3) is 5.85. The van der Waals surface area contributed by atoms with Crippen LogP contribution in [0.1, 0.15) is 44.6 Å². The van der Waals surface area contributed by atoms with Crippen molar-refractivity contribution in [1.82, 2.24) is 0 Å². The maximum Gasteiger partial charge on any atom is 0.357 e. The Balaban J connectivity index is 2.47.